The van der Waals surface area contributed by atoms with E-state index in [1.54, 1.807) is 12.1 Å². The van der Waals surface area contributed by atoms with Crippen molar-refractivity contribution in [1.29, 1.82) is 0 Å². The fourth-order valence-corrected chi connectivity index (χ4v) is 2.54. The lowest BCUT2D eigenvalue weighted by atomic mass is 10.1. The first-order valence-corrected chi connectivity index (χ1v) is 7.93. The Balaban J connectivity index is 0.000000212. The maximum atomic E-state index is 11.2. The molecule has 1 aliphatic heterocycles. The summed E-state index contributed by atoms with van der Waals surface area (Å²) in [5.41, 5.74) is 2.23. The van der Waals surface area contributed by atoms with Crippen molar-refractivity contribution in [3.63, 3.8) is 0 Å². The van der Waals surface area contributed by atoms with Crippen molar-refractivity contribution >= 4 is 11.6 Å². The van der Waals surface area contributed by atoms with Gasteiger partial charge >= 0.3 is 0 Å². The van der Waals surface area contributed by atoms with Crippen molar-refractivity contribution in [3.05, 3.63) is 75.8 Å². The van der Waals surface area contributed by atoms with Crippen molar-refractivity contribution in [2.45, 2.75) is 12.7 Å². The fourth-order valence-electron chi connectivity index (χ4n) is 2.54. The molecule has 2 N–H and O–H groups in total. The van der Waals surface area contributed by atoms with E-state index in [9.17, 15) is 14.9 Å². The largest absolute Gasteiger partial charge is 0.335 e. The zero-order valence-corrected chi connectivity index (χ0v) is 14.3. The van der Waals surface area contributed by atoms with Crippen molar-refractivity contribution < 1.29 is 9.72 Å². The number of hydrogen-bond acceptors (Lipinski definition) is 5. The van der Waals surface area contributed by atoms with Crippen LogP contribution in [0.15, 0.2) is 54.6 Å². The van der Waals surface area contributed by atoms with Gasteiger partial charge in [-0.3, -0.25) is 19.8 Å². The second-order valence-corrected chi connectivity index (χ2v) is 5.75. The highest BCUT2D eigenvalue weighted by Gasteiger charge is 2.27. The summed E-state index contributed by atoms with van der Waals surface area (Å²) in [5.74, 6) is -0.0362. The van der Waals surface area contributed by atoms with Crippen LogP contribution in [0.1, 0.15) is 17.3 Å². The second kappa shape index (κ2) is 8.91. The van der Waals surface area contributed by atoms with Gasteiger partial charge in [-0.1, -0.05) is 30.3 Å². The van der Waals surface area contributed by atoms with Crippen LogP contribution in [-0.2, 0) is 11.3 Å². The van der Waals surface area contributed by atoms with Gasteiger partial charge in [0.25, 0.3) is 5.69 Å². The summed E-state index contributed by atoms with van der Waals surface area (Å²) >= 11 is 0. The molecule has 1 saturated heterocycles. The standard InChI is InChI=1S/C10H11N3O3.C8H11N/c1-12-6-9(14)11-10(12)7-2-4-8(5-3-7)13(15)16;1-9-7-8-5-3-2-4-6-8/h2-5,10H,6H2,1H3,(H,11,14);2-6,9H,7H2,1H3. The molecule has 2 aromatic rings. The van der Waals surface area contributed by atoms with Gasteiger partial charge in [0.1, 0.15) is 6.17 Å². The van der Waals surface area contributed by atoms with E-state index in [-0.39, 0.29) is 17.8 Å². The molecule has 1 aliphatic rings. The Kier molecular flexibility index (Phi) is 6.62. The SMILES string of the molecule is CN1CC(=O)NC1c1ccc([N+](=O)[O-])cc1.CNCc1ccccc1. The lowest BCUT2D eigenvalue weighted by molar-refractivity contribution is -0.384. The van der Waals surface area contributed by atoms with Gasteiger partial charge in [-0.05, 0) is 37.4 Å². The molecule has 1 atom stereocenters. The first kappa shape index (κ1) is 18.6. The number of hydrogen-bond donors (Lipinski definition) is 2. The number of likely N-dealkylation sites (N-methyl/N-ethyl adjacent to an activating group) is 1. The van der Waals surface area contributed by atoms with Crippen molar-refractivity contribution in [1.82, 2.24) is 15.5 Å². The van der Waals surface area contributed by atoms with E-state index in [4.69, 9.17) is 0 Å². The first-order valence-electron chi connectivity index (χ1n) is 7.93. The number of carbonyl (C=O) groups is 1. The second-order valence-electron chi connectivity index (χ2n) is 5.75. The molecule has 1 unspecified atom stereocenters. The number of carbonyl (C=O) groups excluding carboxylic acids is 1. The number of benzene rings is 2. The quantitative estimate of drug-likeness (QED) is 0.656. The number of rotatable bonds is 4. The van der Waals surface area contributed by atoms with E-state index in [0.29, 0.717) is 6.54 Å². The number of amides is 1. The third-order valence-electron chi connectivity index (χ3n) is 3.77. The zero-order chi connectivity index (χ0) is 18.2. The predicted molar refractivity (Wildman–Crippen MR) is 95.8 cm³/mol. The summed E-state index contributed by atoms with van der Waals surface area (Å²) in [6.07, 6.45) is -0.187. The predicted octanol–water partition coefficient (Wildman–Crippen LogP) is 2.06. The maximum absolute atomic E-state index is 11.2. The average Bonchev–Trinajstić information content (AvgIpc) is 2.95. The zero-order valence-electron chi connectivity index (χ0n) is 14.3. The van der Waals surface area contributed by atoms with Crippen LogP contribution in [0.5, 0.6) is 0 Å². The topological polar surface area (TPSA) is 87.5 Å². The van der Waals surface area contributed by atoms with Gasteiger partial charge in [-0.15, -0.1) is 0 Å². The molecule has 2 aromatic carbocycles. The number of nitro benzene ring substituents is 1. The molecule has 7 nitrogen and oxygen atoms in total. The van der Waals surface area contributed by atoms with Crippen LogP contribution in [0.25, 0.3) is 0 Å². The third kappa shape index (κ3) is 5.37. The number of nitrogens with zero attached hydrogens (tertiary/aromatic N) is 2. The minimum atomic E-state index is -0.444. The van der Waals surface area contributed by atoms with Crippen molar-refractivity contribution in [2.24, 2.45) is 0 Å². The van der Waals surface area contributed by atoms with Gasteiger partial charge in [-0.2, -0.15) is 0 Å². The monoisotopic (exact) mass is 342 g/mol. The molecule has 3 rings (SSSR count). The van der Waals surface area contributed by atoms with Crippen LogP contribution in [-0.4, -0.2) is 36.4 Å². The summed E-state index contributed by atoms with van der Waals surface area (Å²) in [7, 11) is 3.77. The van der Waals surface area contributed by atoms with Crippen LogP contribution in [0.3, 0.4) is 0 Å². The Morgan fingerprint density at radius 3 is 2.32 bits per heavy atom. The molecule has 0 spiro atoms. The molecule has 0 bridgehead atoms. The lowest BCUT2D eigenvalue weighted by Gasteiger charge is -2.18. The highest BCUT2D eigenvalue weighted by molar-refractivity contribution is 5.80. The van der Waals surface area contributed by atoms with Crippen LogP contribution < -0.4 is 10.6 Å². The molecule has 1 fully saturated rings. The van der Waals surface area contributed by atoms with Gasteiger partial charge in [0.2, 0.25) is 5.91 Å². The molecule has 132 valence electrons. The van der Waals surface area contributed by atoms with Gasteiger partial charge in [0.05, 0.1) is 11.5 Å². The summed E-state index contributed by atoms with van der Waals surface area (Å²) in [4.78, 5) is 23.0. The van der Waals surface area contributed by atoms with E-state index >= 15 is 0 Å². The molecular formula is C18H22N4O3. The van der Waals surface area contributed by atoms with E-state index in [0.717, 1.165) is 12.1 Å². The van der Waals surface area contributed by atoms with Gasteiger partial charge < -0.3 is 10.6 Å². The van der Waals surface area contributed by atoms with E-state index in [1.165, 1.54) is 17.7 Å². The fraction of sp³-hybridized carbons (Fsp3) is 0.278. The van der Waals surface area contributed by atoms with Crippen LogP contribution >= 0.6 is 0 Å². The summed E-state index contributed by atoms with van der Waals surface area (Å²) < 4.78 is 0. The summed E-state index contributed by atoms with van der Waals surface area (Å²) in [6.45, 7) is 1.31. The van der Waals surface area contributed by atoms with E-state index in [2.05, 4.69) is 22.8 Å². The molecule has 1 heterocycles. The minimum absolute atomic E-state index is 0.0362. The normalized spacial score (nSPS) is 16.7. The van der Waals surface area contributed by atoms with E-state index < -0.39 is 4.92 Å². The molecule has 0 saturated carbocycles. The lowest BCUT2D eigenvalue weighted by Crippen LogP contribution is -2.24. The Hall–Kier alpha value is -2.77. The molecular weight excluding hydrogens is 320 g/mol. The van der Waals surface area contributed by atoms with Gasteiger partial charge in [0.15, 0.2) is 0 Å². The highest BCUT2D eigenvalue weighted by atomic mass is 16.6. The third-order valence-corrected chi connectivity index (χ3v) is 3.77. The van der Waals surface area contributed by atoms with Crippen LogP contribution in [0.2, 0.25) is 0 Å². The summed E-state index contributed by atoms with van der Waals surface area (Å²) in [5, 5.41) is 16.3. The van der Waals surface area contributed by atoms with Gasteiger partial charge in [0, 0.05) is 18.7 Å². The minimum Gasteiger partial charge on any atom is -0.335 e. The van der Waals surface area contributed by atoms with Gasteiger partial charge in [-0.25, -0.2) is 0 Å². The summed E-state index contributed by atoms with van der Waals surface area (Å²) in [6, 6.07) is 16.5. The first-order chi connectivity index (χ1) is 12.0. The smallest absolute Gasteiger partial charge is 0.269 e. The molecule has 7 heteroatoms. The number of nitrogens with one attached hydrogen (secondary N) is 2. The highest BCUT2D eigenvalue weighted by Crippen LogP contribution is 2.22. The van der Waals surface area contributed by atoms with Crippen LogP contribution in [0, 0.1) is 10.1 Å². The van der Waals surface area contributed by atoms with Crippen molar-refractivity contribution in [3.8, 4) is 0 Å². The number of nitro groups is 1. The Bertz CT molecular complexity index is 704. The number of non-ortho nitro benzene ring substituents is 1. The molecule has 1 amide bonds. The Morgan fingerprint density at radius 2 is 1.84 bits per heavy atom. The Morgan fingerprint density at radius 1 is 1.20 bits per heavy atom. The van der Waals surface area contributed by atoms with Crippen molar-refractivity contribution in [2.75, 3.05) is 20.6 Å². The Labute approximate surface area is 146 Å². The van der Waals surface area contributed by atoms with Crippen LogP contribution in [0.4, 0.5) is 5.69 Å². The van der Waals surface area contributed by atoms with E-state index in [1.807, 2.05) is 37.2 Å². The molecule has 0 aromatic heterocycles. The molecule has 0 radical (unpaired) electrons. The average molecular weight is 342 g/mol. The molecule has 25 heavy (non-hydrogen) atoms. The maximum Gasteiger partial charge on any atom is 0.269 e. The molecule has 0 aliphatic carbocycles.